The lowest BCUT2D eigenvalue weighted by atomic mass is 10.2. The summed E-state index contributed by atoms with van der Waals surface area (Å²) in [6, 6.07) is 11.7. The van der Waals surface area contributed by atoms with E-state index in [1.165, 1.54) is 12.8 Å². The lowest BCUT2D eigenvalue weighted by Gasteiger charge is -2.26. The second-order valence-corrected chi connectivity index (χ2v) is 7.10. The summed E-state index contributed by atoms with van der Waals surface area (Å²) < 4.78 is 11.2. The molecule has 1 aromatic carbocycles. The third kappa shape index (κ3) is 5.56. The molecule has 0 unspecified atom stereocenters. The van der Waals surface area contributed by atoms with Gasteiger partial charge >= 0.3 is 0 Å². The Hall–Kier alpha value is -1.37. The van der Waals surface area contributed by atoms with Crippen molar-refractivity contribution < 1.29 is 14.3 Å². The first-order chi connectivity index (χ1) is 12.7. The van der Waals surface area contributed by atoms with Gasteiger partial charge in [0.25, 0.3) is 0 Å². The Morgan fingerprint density at radius 3 is 2.69 bits per heavy atom. The van der Waals surface area contributed by atoms with E-state index in [0.29, 0.717) is 18.2 Å². The van der Waals surface area contributed by atoms with Crippen molar-refractivity contribution in [2.75, 3.05) is 32.8 Å². The van der Waals surface area contributed by atoms with Gasteiger partial charge in [0.1, 0.15) is 5.76 Å². The smallest absolute Gasteiger partial charge is 0.122 e. The normalized spacial score (nSPS) is 17.5. The zero-order valence-corrected chi connectivity index (χ0v) is 15.7. The molecule has 1 aromatic heterocycles. The summed E-state index contributed by atoms with van der Waals surface area (Å²) in [5, 5.41) is 14.2. The van der Waals surface area contributed by atoms with Crippen LogP contribution in [0, 0.1) is 0 Å². The molecule has 0 aliphatic carbocycles. The molecular weight excluding hydrogens is 352 g/mol. The lowest BCUT2D eigenvalue weighted by Crippen LogP contribution is -2.38. The first-order valence-electron chi connectivity index (χ1n) is 9.21. The molecule has 26 heavy (non-hydrogen) atoms. The Labute approximate surface area is 159 Å². The minimum atomic E-state index is -0.562. The number of halogens is 1. The van der Waals surface area contributed by atoms with Gasteiger partial charge in [-0.15, -0.1) is 0 Å². The minimum absolute atomic E-state index is 0.212. The van der Waals surface area contributed by atoms with E-state index in [2.05, 4.69) is 10.2 Å². The van der Waals surface area contributed by atoms with Crippen molar-refractivity contribution in [3.63, 3.8) is 0 Å². The predicted octanol–water partition coefficient (Wildman–Crippen LogP) is 3.24. The number of ether oxygens (including phenoxy) is 1. The fourth-order valence-corrected chi connectivity index (χ4v) is 3.50. The van der Waals surface area contributed by atoms with Crippen LogP contribution < -0.4 is 5.32 Å². The molecule has 1 aliphatic rings. The topological polar surface area (TPSA) is 57.9 Å². The third-order valence-electron chi connectivity index (χ3n) is 4.70. The predicted molar refractivity (Wildman–Crippen MR) is 102 cm³/mol. The van der Waals surface area contributed by atoms with Gasteiger partial charge in [0, 0.05) is 18.1 Å². The van der Waals surface area contributed by atoms with Gasteiger partial charge in [0.15, 0.2) is 0 Å². The number of hydrogen-bond acceptors (Lipinski definition) is 5. The molecule has 2 atom stereocenters. The van der Waals surface area contributed by atoms with Crippen molar-refractivity contribution in [3.8, 4) is 0 Å². The summed E-state index contributed by atoms with van der Waals surface area (Å²) in [5.74, 6) is 0.976. The summed E-state index contributed by atoms with van der Waals surface area (Å²) in [6.07, 6.45) is 3.62. The van der Waals surface area contributed by atoms with E-state index in [-0.39, 0.29) is 12.6 Å². The van der Waals surface area contributed by atoms with Crippen LogP contribution in [0.25, 0.3) is 0 Å². The number of hydrogen-bond donors (Lipinski definition) is 2. The quantitative estimate of drug-likeness (QED) is 0.664. The molecule has 0 amide bonds. The lowest BCUT2D eigenvalue weighted by molar-refractivity contribution is 0.0279. The van der Waals surface area contributed by atoms with Crippen LogP contribution in [0.1, 0.15) is 30.2 Å². The van der Waals surface area contributed by atoms with E-state index in [4.69, 9.17) is 20.8 Å². The highest BCUT2D eigenvalue weighted by Crippen LogP contribution is 2.24. The highest BCUT2D eigenvalue weighted by atomic mass is 35.5. The number of aliphatic hydroxyl groups excluding tert-OH is 1. The maximum absolute atomic E-state index is 10.1. The van der Waals surface area contributed by atoms with Gasteiger partial charge in [0.2, 0.25) is 0 Å². The largest absolute Gasteiger partial charge is 0.468 e. The van der Waals surface area contributed by atoms with Crippen LogP contribution in [0.4, 0.5) is 0 Å². The van der Waals surface area contributed by atoms with Crippen molar-refractivity contribution in [2.24, 2.45) is 0 Å². The van der Waals surface area contributed by atoms with Gasteiger partial charge in [-0.25, -0.2) is 0 Å². The van der Waals surface area contributed by atoms with Crippen LogP contribution in [0.5, 0.6) is 0 Å². The minimum Gasteiger partial charge on any atom is -0.468 e. The molecule has 2 N–H and O–H groups in total. The van der Waals surface area contributed by atoms with Crippen molar-refractivity contribution in [3.05, 3.63) is 59.0 Å². The monoisotopic (exact) mass is 378 g/mol. The fraction of sp³-hybridized carbons (Fsp3) is 0.500. The number of rotatable bonds is 10. The molecule has 0 spiro atoms. The third-order valence-corrected chi connectivity index (χ3v) is 5.07. The SMILES string of the molecule is O[C@H](CNC[C@@H](c1ccco1)N1CCCC1)COCc1ccccc1Cl. The second-order valence-electron chi connectivity index (χ2n) is 6.69. The van der Waals surface area contributed by atoms with E-state index in [1.807, 2.05) is 36.4 Å². The van der Waals surface area contributed by atoms with E-state index < -0.39 is 6.10 Å². The average molecular weight is 379 g/mol. The first-order valence-corrected chi connectivity index (χ1v) is 9.59. The molecule has 1 fully saturated rings. The molecule has 5 nitrogen and oxygen atoms in total. The van der Waals surface area contributed by atoms with E-state index in [1.54, 1.807) is 6.26 Å². The van der Waals surface area contributed by atoms with Crippen molar-refractivity contribution >= 4 is 11.6 Å². The van der Waals surface area contributed by atoms with E-state index in [9.17, 15) is 5.11 Å². The van der Waals surface area contributed by atoms with Gasteiger partial charge in [-0.3, -0.25) is 4.90 Å². The van der Waals surface area contributed by atoms with Crippen LogP contribution in [0.15, 0.2) is 47.1 Å². The van der Waals surface area contributed by atoms with Crippen LogP contribution in [0.3, 0.4) is 0 Å². The summed E-state index contributed by atoms with van der Waals surface area (Å²) >= 11 is 6.10. The molecule has 1 saturated heterocycles. The molecule has 0 saturated carbocycles. The number of furan rings is 1. The molecular formula is C20H27ClN2O3. The second kappa shape index (κ2) is 10.1. The Morgan fingerprint density at radius 2 is 1.96 bits per heavy atom. The molecule has 2 aromatic rings. The van der Waals surface area contributed by atoms with Gasteiger partial charge in [-0.05, 0) is 49.7 Å². The first kappa shape index (κ1) is 19.4. The maximum atomic E-state index is 10.1. The van der Waals surface area contributed by atoms with Crippen molar-refractivity contribution in [1.29, 1.82) is 0 Å². The molecule has 2 heterocycles. The highest BCUT2D eigenvalue weighted by molar-refractivity contribution is 6.31. The number of nitrogens with one attached hydrogen (secondary N) is 1. The molecule has 3 rings (SSSR count). The van der Waals surface area contributed by atoms with Crippen molar-refractivity contribution in [1.82, 2.24) is 10.2 Å². The Balaban J connectivity index is 1.39. The van der Waals surface area contributed by atoms with Crippen LogP contribution in [-0.4, -0.2) is 48.9 Å². The molecule has 142 valence electrons. The number of benzene rings is 1. The zero-order valence-electron chi connectivity index (χ0n) is 14.9. The summed E-state index contributed by atoms with van der Waals surface area (Å²) in [6.45, 7) is 4.09. The van der Waals surface area contributed by atoms with Gasteiger partial charge < -0.3 is 19.6 Å². The van der Waals surface area contributed by atoms with Gasteiger partial charge in [-0.1, -0.05) is 29.8 Å². The Morgan fingerprint density at radius 1 is 1.15 bits per heavy atom. The maximum Gasteiger partial charge on any atom is 0.122 e. The molecule has 1 aliphatic heterocycles. The van der Waals surface area contributed by atoms with Crippen LogP contribution >= 0.6 is 11.6 Å². The zero-order chi connectivity index (χ0) is 18.2. The Kier molecular flexibility index (Phi) is 7.53. The van der Waals surface area contributed by atoms with Crippen molar-refractivity contribution in [2.45, 2.75) is 31.6 Å². The Bertz CT molecular complexity index is 644. The van der Waals surface area contributed by atoms with E-state index in [0.717, 1.165) is 31.0 Å². The molecule has 6 heteroatoms. The van der Waals surface area contributed by atoms with Crippen LogP contribution in [0.2, 0.25) is 5.02 Å². The number of likely N-dealkylation sites (tertiary alicyclic amines) is 1. The van der Waals surface area contributed by atoms with Gasteiger partial charge in [0.05, 0.1) is 31.6 Å². The standard InChI is InChI=1S/C20H27ClN2O3/c21-18-7-2-1-6-16(18)14-25-15-17(24)12-22-13-19(20-8-5-11-26-20)23-9-3-4-10-23/h1-2,5-8,11,17,19,22,24H,3-4,9-10,12-15H2/t17-,19+/m1/s1. The van der Waals surface area contributed by atoms with Crippen LogP contribution in [-0.2, 0) is 11.3 Å². The fourth-order valence-electron chi connectivity index (χ4n) is 3.31. The molecule has 0 radical (unpaired) electrons. The summed E-state index contributed by atoms with van der Waals surface area (Å²) in [7, 11) is 0. The number of nitrogens with zero attached hydrogens (tertiary/aromatic N) is 1. The number of aliphatic hydroxyl groups is 1. The average Bonchev–Trinajstić information content (AvgIpc) is 3.34. The van der Waals surface area contributed by atoms with Gasteiger partial charge in [-0.2, -0.15) is 0 Å². The highest BCUT2D eigenvalue weighted by Gasteiger charge is 2.25. The van der Waals surface area contributed by atoms with E-state index >= 15 is 0 Å². The summed E-state index contributed by atoms with van der Waals surface area (Å²) in [4.78, 5) is 2.44. The summed E-state index contributed by atoms with van der Waals surface area (Å²) in [5.41, 5.74) is 0.932. The molecule has 0 bridgehead atoms.